The number of halogens is 3. The van der Waals surface area contributed by atoms with Gasteiger partial charge in [0.2, 0.25) is 0 Å². The topological polar surface area (TPSA) is 3.24 Å². The van der Waals surface area contributed by atoms with Crippen LogP contribution in [0.15, 0.2) is 53.0 Å². The van der Waals surface area contributed by atoms with Crippen molar-refractivity contribution in [3.05, 3.63) is 69.9 Å². The summed E-state index contributed by atoms with van der Waals surface area (Å²) in [6, 6.07) is 15.6. The van der Waals surface area contributed by atoms with Crippen LogP contribution in [-0.4, -0.2) is 16.8 Å². The molecule has 0 aliphatic heterocycles. The molecule has 0 aliphatic rings. The Hall–Kier alpha value is -0.710. The summed E-state index contributed by atoms with van der Waals surface area (Å²) in [5.74, 6) is -0.219. The van der Waals surface area contributed by atoms with Crippen LogP contribution in [0.25, 0.3) is 0 Å². The summed E-state index contributed by atoms with van der Waals surface area (Å²) in [7, 11) is 0. The van der Waals surface area contributed by atoms with Crippen molar-refractivity contribution in [2.45, 2.75) is 13.1 Å². The molecule has 1 nitrogen and oxygen atoms in total. The van der Waals surface area contributed by atoms with Crippen molar-refractivity contribution in [2.75, 3.05) is 11.9 Å². The van der Waals surface area contributed by atoms with Crippen molar-refractivity contribution < 1.29 is 4.39 Å². The predicted molar refractivity (Wildman–Crippen MR) is 88.5 cm³/mol. The minimum Gasteiger partial charge on any atom is -0.294 e. The molecule has 0 spiro atoms. The fraction of sp³-hybridized carbons (Fsp3) is 0.250. The van der Waals surface area contributed by atoms with E-state index in [1.54, 1.807) is 0 Å². The standard InChI is InChI=1S/C16H16Br2FN/c17-8-9-20(11-13-4-2-1-3-5-13)12-14-6-7-16(19)15(18)10-14/h1-7,10H,8-9,11-12H2. The first-order valence-electron chi connectivity index (χ1n) is 6.45. The van der Waals surface area contributed by atoms with Crippen LogP contribution in [0.5, 0.6) is 0 Å². The van der Waals surface area contributed by atoms with Crippen LogP contribution >= 0.6 is 31.9 Å². The Balaban J connectivity index is 2.06. The summed E-state index contributed by atoms with van der Waals surface area (Å²) >= 11 is 6.73. The van der Waals surface area contributed by atoms with E-state index < -0.39 is 0 Å². The number of rotatable bonds is 6. The number of alkyl halides is 1. The van der Waals surface area contributed by atoms with Crippen molar-refractivity contribution in [3.63, 3.8) is 0 Å². The molecule has 2 aromatic carbocycles. The highest BCUT2D eigenvalue weighted by Crippen LogP contribution is 2.18. The molecule has 0 saturated heterocycles. The molecule has 0 saturated carbocycles. The van der Waals surface area contributed by atoms with E-state index in [1.807, 2.05) is 18.2 Å². The van der Waals surface area contributed by atoms with Gasteiger partial charge in [0.1, 0.15) is 5.82 Å². The van der Waals surface area contributed by atoms with Crippen molar-refractivity contribution >= 4 is 31.9 Å². The van der Waals surface area contributed by atoms with Crippen LogP contribution in [0.3, 0.4) is 0 Å². The van der Waals surface area contributed by atoms with Crippen LogP contribution in [0.1, 0.15) is 11.1 Å². The van der Waals surface area contributed by atoms with Crippen LogP contribution in [0, 0.1) is 5.82 Å². The molecule has 0 heterocycles. The molecule has 4 heteroatoms. The molecule has 0 bridgehead atoms. The van der Waals surface area contributed by atoms with Gasteiger partial charge in [-0.2, -0.15) is 0 Å². The summed E-state index contributed by atoms with van der Waals surface area (Å²) < 4.78 is 13.8. The van der Waals surface area contributed by atoms with Gasteiger partial charge in [0.25, 0.3) is 0 Å². The summed E-state index contributed by atoms with van der Waals surface area (Å²) in [5, 5.41) is 0.919. The summed E-state index contributed by atoms with van der Waals surface area (Å²) in [5.41, 5.74) is 2.39. The van der Waals surface area contributed by atoms with Crippen LogP contribution < -0.4 is 0 Å². The minimum atomic E-state index is -0.219. The first-order valence-corrected chi connectivity index (χ1v) is 8.36. The molecule has 0 unspecified atom stereocenters. The SMILES string of the molecule is Fc1ccc(CN(CCBr)Cc2ccccc2)cc1Br. The molecule has 0 radical (unpaired) electrons. The van der Waals surface area contributed by atoms with E-state index >= 15 is 0 Å². The van der Waals surface area contributed by atoms with E-state index in [-0.39, 0.29) is 5.82 Å². The van der Waals surface area contributed by atoms with Crippen molar-refractivity contribution in [3.8, 4) is 0 Å². The number of nitrogens with zero attached hydrogens (tertiary/aromatic N) is 1. The zero-order valence-corrected chi connectivity index (χ0v) is 14.2. The molecule has 20 heavy (non-hydrogen) atoms. The molecular formula is C16H16Br2FN. The molecule has 2 rings (SSSR count). The zero-order chi connectivity index (χ0) is 14.4. The fourth-order valence-electron chi connectivity index (χ4n) is 2.07. The first kappa shape index (κ1) is 15.7. The van der Waals surface area contributed by atoms with E-state index in [2.05, 4.69) is 61.0 Å². The molecule has 0 N–H and O–H groups in total. The van der Waals surface area contributed by atoms with E-state index in [4.69, 9.17) is 0 Å². The number of benzene rings is 2. The molecule has 0 atom stereocenters. The Bertz CT molecular complexity index is 545. The van der Waals surface area contributed by atoms with Crippen LogP contribution in [0.4, 0.5) is 4.39 Å². The molecule has 0 amide bonds. The van der Waals surface area contributed by atoms with Gasteiger partial charge in [-0.3, -0.25) is 4.90 Å². The highest BCUT2D eigenvalue weighted by molar-refractivity contribution is 9.10. The second-order valence-electron chi connectivity index (χ2n) is 4.63. The Morgan fingerprint density at radius 2 is 1.65 bits per heavy atom. The monoisotopic (exact) mass is 399 g/mol. The average Bonchev–Trinajstić information content (AvgIpc) is 2.44. The predicted octanol–water partition coefficient (Wildman–Crippen LogP) is 4.99. The normalized spacial score (nSPS) is 11.0. The molecule has 0 aliphatic carbocycles. The van der Waals surface area contributed by atoms with Gasteiger partial charge in [-0.25, -0.2) is 4.39 Å². The van der Waals surface area contributed by atoms with Crippen LogP contribution in [-0.2, 0) is 13.1 Å². The zero-order valence-electron chi connectivity index (χ0n) is 11.0. The van der Waals surface area contributed by atoms with Crippen molar-refractivity contribution in [1.82, 2.24) is 4.90 Å². The maximum absolute atomic E-state index is 13.3. The highest BCUT2D eigenvalue weighted by Gasteiger charge is 2.08. The number of hydrogen-bond acceptors (Lipinski definition) is 1. The Kier molecular flexibility index (Phi) is 6.20. The van der Waals surface area contributed by atoms with Gasteiger partial charge in [0.15, 0.2) is 0 Å². The molecular weight excluding hydrogens is 385 g/mol. The second-order valence-corrected chi connectivity index (χ2v) is 6.28. The van der Waals surface area contributed by atoms with E-state index in [0.717, 1.165) is 30.5 Å². The van der Waals surface area contributed by atoms with Crippen molar-refractivity contribution in [2.24, 2.45) is 0 Å². The van der Waals surface area contributed by atoms with Gasteiger partial charge < -0.3 is 0 Å². The maximum atomic E-state index is 13.3. The van der Waals surface area contributed by atoms with Gasteiger partial charge in [0.05, 0.1) is 4.47 Å². The minimum absolute atomic E-state index is 0.219. The lowest BCUT2D eigenvalue weighted by Gasteiger charge is -2.21. The van der Waals surface area contributed by atoms with E-state index in [0.29, 0.717) is 4.47 Å². The van der Waals surface area contributed by atoms with Crippen molar-refractivity contribution in [1.29, 1.82) is 0 Å². The quantitative estimate of drug-likeness (QED) is 0.617. The van der Waals surface area contributed by atoms with Gasteiger partial charge in [-0.05, 0) is 39.2 Å². The summed E-state index contributed by atoms with van der Waals surface area (Å²) in [6.07, 6.45) is 0. The summed E-state index contributed by atoms with van der Waals surface area (Å²) in [4.78, 5) is 2.34. The van der Waals surface area contributed by atoms with E-state index in [9.17, 15) is 4.39 Å². The Morgan fingerprint density at radius 1 is 0.950 bits per heavy atom. The molecule has 2 aromatic rings. The lowest BCUT2D eigenvalue weighted by Crippen LogP contribution is -2.24. The fourth-order valence-corrected chi connectivity index (χ4v) is 3.00. The molecule has 106 valence electrons. The van der Waals surface area contributed by atoms with Gasteiger partial charge >= 0.3 is 0 Å². The average molecular weight is 401 g/mol. The van der Waals surface area contributed by atoms with E-state index in [1.165, 1.54) is 11.6 Å². The smallest absolute Gasteiger partial charge is 0.137 e. The third-order valence-electron chi connectivity index (χ3n) is 3.04. The lowest BCUT2D eigenvalue weighted by molar-refractivity contribution is 0.274. The first-order chi connectivity index (χ1) is 9.69. The Morgan fingerprint density at radius 3 is 2.30 bits per heavy atom. The van der Waals surface area contributed by atoms with Gasteiger partial charge in [-0.15, -0.1) is 0 Å². The third-order valence-corrected chi connectivity index (χ3v) is 4.00. The Labute approximate surface area is 136 Å². The molecule has 0 fully saturated rings. The van der Waals surface area contributed by atoms with Crippen LogP contribution in [0.2, 0.25) is 0 Å². The van der Waals surface area contributed by atoms with Gasteiger partial charge in [0, 0.05) is 25.0 Å². The largest absolute Gasteiger partial charge is 0.294 e. The number of hydrogen-bond donors (Lipinski definition) is 0. The maximum Gasteiger partial charge on any atom is 0.137 e. The lowest BCUT2D eigenvalue weighted by atomic mass is 10.1. The third kappa shape index (κ3) is 4.69. The second kappa shape index (κ2) is 7.91. The molecule has 0 aromatic heterocycles. The van der Waals surface area contributed by atoms with Gasteiger partial charge in [-0.1, -0.05) is 52.3 Å². The summed E-state index contributed by atoms with van der Waals surface area (Å²) in [6.45, 7) is 2.64. The highest BCUT2D eigenvalue weighted by atomic mass is 79.9.